The predicted octanol–water partition coefficient (Wildman–Crippen LogP) is 3.79. The Morgan fingerprint density at radius 1 is 1.33 bits per heavy atom. The molecule has 3 rings (SSSR count). The zero-order valence-corrected chi connectivity index (χ0v) is 12.7. The molecule has 2 unspecified atom stereocenters. The van der Waals surface area contributed by atoms with Gasteiger partial charge >= 0.3 is 0 Å². The van der Waals surface area contributed by atoms with Crippen molar-refractivity contribution < 1.29 is 17.7 Å². The first kappa shape index (κ1) is 9.16. The number of rotatable bonds is 2. The van der Waals surface area contributed by atoms with Gasteiger partial charge in [0.1, 0.15) is 12.0 Å². The number of likely N-dealkylation sites (N-methyl/N-ethyl adjacent to an activating group) is 1. The first-order valence-electron chi connectivity index (χ1n) is 10.6. The highest BCUT2D eigenvalue weighted by Crippen LogP contribution is 2.46. The Balaban J connectivity index is 2.16. The summed E-state index contributed by atoms with van der Waals surface area (Å²) in [7, 11) is 1.56. The standard InChI is InChI=1S/C18H27NO2/c1-14-19(2)13-17(15-7-9-16(20-3)10-8-15)18(21-14)11-5-4-6-12-18/h7-10,14,17H,4-6,11-13H2,1-3H3/i2D3,13D2,14D. The van der Waals surface area contributed by atoms with Crippen LogP contribution in [0, 0.1) is 0 Å². The average Bonchev–Trinajstić information content (AvgIpc) is 2.52. The Morgan fingerprint density at radius 3 is 2.67 bits per heavy atom. The second-order valence-electron chi connectivity index (χ2n) is 5.92. The summed E-state index contributed by atoms with van der Waals surface area (Å²) in [5.74, 6) is -0.179. The molecule has 2 fully saturated rings. The third-order valence-electron chi connectivity index (χ3n) is 4.60. The lowest BCUT2D eigenvalue weighted by atomic mass is 9.71. The minimum atomic E-state index is -2.80. The summed E-state index contributed by atoms with van der Waals surface area (Å²) < 4.78 is 61.2. The first-order chi connectivity index (χ1) is 12.4. The molecule has 0 amide bonds. The fourth-order valence-corrected chi connectivity index (χ4v) is 3.45. The van der Waals surface area contributed by atoms with Crippen LogP contribution in [0.5, 0.6) is 5.75 Å². The molecule has 0 radical (unpaired) electrons. The van der Waals surface area contributed by atoms with Crippen molar-refractivity contribution in [1.29, 1.82) is 0 Å². The van der Waals surface area contributed by atoms with Gasteiger partial charge in [-0.3, -0.25) is 4.90 Å². The summed E-state index contributed by atoms with van der Waals surface area (Å²) in [5.41, 5.74) is -0.248. The van der Waals surface area contributed by atoms with E-state index >= 15 is 0 Å². The van der Waals surface area contributed by atoms with Gasteiger partial charge in [-0.2, -0.15) is 0 Å². The number of benzene rings is 1. The average molecular weight is 295 g/mol. The highest BCUT2D eigenvalue weighted by molar-refractivity contribution is 5.32. The van der Waals surface area contributed by atoms with Gasteiger partial charge in [0.15, 0.2) is 0 Å². The Labute approximate surface area is 136 Å². The van der Waals surface area contributed by atoms with E-state index in [4.69, 9.17) is 17.7 Å². The molecule has 1 aromatic carbocycles. The van der Waals surface area contributed by atoms with E-state index in [1.54, 1.807) is 31.4 Å². The number of hydrogen-bond acceptors (Lipinski definition) is 3. The minimum absolute atomic E-state index is 0.599. The molecular formula is C18H27NO2. The molecule has 116 valence electrons. The maximum absolute atomic E-state index is 8.85. The van der Waals surface area contributed by atoms with Crippen LogP contribution in [-0.4, -0.2) is 37.3 Å². The largest absolute Gasteiger partial charge is 0.497 e. The van der Waals surface area contributed by atoms with E-state index in [1.165, 1.54) is 6.92 Å². The Bertz CT molecular complexity index is 667. The normalized spacial score (nSPS) is 40.2. The second kappa shape index (κ2) is 5.98. The lowest BCUT2D eigenvalue weighted by Gasteiger charge is -2.52. The van der Waals surface area contributed by atoms with Crippen molar-refractivity contribution in [1.82, 2.24) is 4.90 Å². The van der Waals surface area contributed by atoms with Gasteiger partial charge in [0.05, 0.1) is 14.1 Å². The van der Waals surface area contributed by atoms with Gasteiger partial charge in [0, 0.05) is 19.3 Å². The topological polar surface area (TPSA) is 21.7 Å². The van der Waals surface area contributed by atoms with Crippen molar-refractivity contribution in [3.63, 3.8) is 0 Å². The summed E-state index contributed by atoms with van der Waals surface area (Å²) in [6, 6.07) is 7.03. The van der Waals surface area contributed by atoms with Gasteiger partial charge in [0.2, 0.25) is 0 Å². The van der Waals surface area contributed by atoms with Gasteiger partial charge in [-0.1, -0.05) is 31.4 Å². The van der Waals surface area contributed by atoms with Crippen LogP contribution in [0.2, 0.25) is 0 Å². The molecule has 3 heteroatoms. The zero-order chi connectivity index (χ0) is 20.1. The van der Waals surface area contributed by atoms with Gasteiger partial charge < -0.3 is 9.47 Å². The maximum atomic E-state index is 8.85. The molecule has 21 heavy (non-hydrogen) atoms. The second-order valence-corrected chi connectivity index (χ2v) is 5.92. The number of methoxy groups -OCH3 is 1. The third-order valence-corrected chi connectivity index (χ3v) is 4.60. The van der Waals surface area contributed by atoms with Gasteiger partial charge in [0.25, 0.3) is 0 Å². The van der Waals surface area contributed by atoms with Gasteiger partial charge in [-0.25, -0.2) is 0 Å². The summed E-state index contributed by atoms with van der Waals surface area (Å²) >= 11 is 0. The van der Waals surface area contributed by atoms with E-state index in [-0.39, 0.29) is 0 Å². The van der Waals surface area contributed by atoms with Crippen LogP contribution in [0.1, 0.15) is 58.7 Å². The molecule has 0 N–H and O–H groups in total. The molecule has 0 bridgehead atoms. The summed E-state index contributed by atoms with van der Waals surface area (Å²) in [6.07, 6.45) is 1.98. The van der Waals surface area contributed by atoms with E-state index in [2.05, 4.69) is 0 Å². The fraction of sp³-hybridized carbons (Fsp3) is 0.667. The van der Waals surface area contributed by atoms with Crippen LogP contribution < -0.4 is 4.74 Å². The Morgan fingerprint density at radius 2 is 2.05 bits per heavy atom. The van der Waals surface area contributed by atoms with Crippen LogP contribution >= 0.6 is 0 Å². The SMILES string of the molecule is [2H]C([2H])([2H])N1C([2H])(C)OC2(CCCCC2)C(c2ccc(OC)cc2)C1([2H])[2H]. The highest BCUT2D eigenvalue weighted by atomic mass is 16.5. The smallest absolute Gasteiger partial charge is 0.118 e. The lowest BCUT2D eigenvalue weighted by Crippen LogP contribution is -2.55. The molecule has 2 aliphatic rings. The third kappa shape index (κ3) is 2.82. The molecule has 1 heterocycles. The zero-order valence-electron chi connectivity index (χ0n) is 18.7. The molecule has 1 saturated heterocycles. The van der Waals surface area contributed by atoms with Crippen molar-refractivity contribution in [2.45, 2.75) is 56.8 Å². The maximum Gasteiger partial charge on any atom is 0.118 e. The van der Waals surface area contributed by atoms with Crippen molar-refractivity contribution in [2.75, 3.05) is 20.6 Å². The van der Waals surface area contributed by atoms with Gasteiger partial charge in [-0.05, 0) is 44.4 Å². The molecule has 1 aromatic rings. The van der Waals surface area contributed by atoms with Crippen molar-refractivity contribution in [3.05, 3.63) is 29.8 Å². The summed E-state index contributed by atoms with van der Waals surface area (Å²) in [4.78, 5) is 0.599. The number of ether oxygens (including phenoxy) is 2. The molecule has 0 aromatic heterocycles. The van der Waals surface area contributed by atoms with Crippen molar-refractivity contribution in [3.8, 4) is 5.75 Å². The predicted molar refractivity (Wildman–Crippen MR) is 84.7 cm³/mol. The highest BCUT2D eigenvalue weighted by Gasteiger charge is 2.46. The Hall–Kier alpha value is -1.06. The number of nitrogens with zero attached hydrogens (tertiary/aromatic N) is 1. The minimum Gasteiger partial charge on any atom is -0.497 e. The van der Waals surface area contributed by atoms with Crippen LogP contribution in [0.25, 0.3) is 0 Å². The lowest BCUT2D eigenvalue weighted by molar-refractivity contribution is -0.205. The molecule has 1 aliphatic carbocycles. The fourth-order valence-electron chi connectivity index (χ4n) is 3.45. The van der Waals surface area contributed by atoms with E-state index < -0.39 is 31.2 Å². The quantitative estimate of drug-likeness (QED) is 0.828. The van der Waals surface area contributed by atoms with Crippen molar-refractivity contribution in [2.24, 2.45) is 0 Å². The van der Waals surface area contributed by atoms with Crippen LogP contribution in [-0.2, 0) is 4.74 Å². The van der Waals surface area contributed by atoms with E-state index in [0.717, 1.165) is 19.3 Å². The van der Waals surface area contributed by atoms with E-state index in [1.807, 2.05) is 0 Å². The van der Waals surface area contributed by atoms with Crippen LogP contribution in [0.4, 0.5) is 0 Å². The van der Waals surface area contributed by atoms with E-state index in [9.17, 15) is 0 Å². The summed E-state index contributed by atoms with van der Waals surface area (Å²) in [5, 5.41) is 0. The van der Waals surface area contributed by atoms with Crippen molar-refractivity contribution >= 4 is 0 Å². The molecule has 3 nitrogen and oxygen atoms in total. The molecule has 1 aliphatic heterocycles. The van der Waals surface area contributed by atoms with E-state index in [0.29, 0.717) is 29.1 Å². The Kier molecular flexibility index (Phi) is 2.61. The molecule has 2 atom stereocenters. The molecular weight excluding hydrogens is 262 g/mol. The molecule has 1 saturated carbocycles. The summed E-state index contributed by atoms with van der Waals surface area (Å²) in [6.45, 7) is -3.76. The van der Waals surface area contributed by atoms with Crippen LogP contribution in [0.3, 0.4) is 0 Å². The van der Waals surface area contributed by atoms with Crippen LogP contribution in [0.15, 0.2) is 24.3 Å². The first-order valence-corrected chi connectivity index (χ1v) is 7.59. The van der Waals surface area contributed by atoms with Gasteiger partial charge in [-0.15, -0.1) is 0 Å². The number of hydrogen-bond donors (Lipinski definition) is 0. The monoisotopic (exact) mass is 295 g/mol. The molecule has 1 spiro atoms.